The number of nitrogens with one attached hydrogen (secondary N) is 1. The number of hydrogen-bond acceptors (Lipinski definition) is 6. The van der Waals surface area contributed by atoms with Crippen molar-refractivity contribution in [1.82, 2.24) is 0 Å². The average Bonchev–Trinajstić information content (AvgIpc) is 2.65. The van der Waals surface area contributed by atoms with Crippen LogP contribution in [0.3, 0.4) is 0 Å². The minimum absolute atomic E-state index is 0.227. The molecule has 0 bridgehead atoms. The number of carbonyl (C=O) groups is 3. The molecule has 0 radical (unpaired) electrons. The molecule has 0 spiro atoms. The molecule has 0 heterocycles. The van der Waals surface area contributed by atoms with E-state index in [1.165, 1.54) is 18.7 Å². The van der Waals surface area contributed by atoms with Gasteiger partial charge in [-0.25, -0.2) is 4.79 Å². The van der Waals surface area contributed by atoms with E-state index in [9.17, 15) is 14.4 Å². The van der Waals surface area contributed by atoms with Crippen molar-refractivity contribution in [2.75, 3.05) is 24.8 Å². The molecule has 148 valence electrons. The highest BCUT2D eigenvalue weighted by molar-refractivity contribution is 7.98. The second-order valence-corrected chi connectivity index (χ2v) is 7.04. The lowest BCUT2D eigenvalue weighted by molar-refractivity contribution is -0.144. The number of hydrogen-bond donors (Lipinski definition) is 1. The maximum absolute atomic E-state index is 12.3. The van der Waals surface area contributed by atoms with Gasteiger partial charge < -0.3 is 14.8 Å². The molecule has 28 heavy (non-hydrogen) atoms. The van der Waals surface area contributed by atoms with Crippen LogP contribution >= 0.6 is 11.8 Å². The third-order valence-corrected chi connectivity index (χ3v) is 4.74. The van der Waals surface area contributed by atoms with Crippen molar-refractivity contribution in [3.8, 4) is 5.75 Å². The van der Waals surface area contributed by atoms with E-state index in [0.29, 0.717) is 17.0 Å². The van der Waals surface area contributed by atoms with Gasteiger partial charge in [0.15, 0.2) is 19.0 Å². The maximum Gasteiger partial charge on any atom is 0.344 e. The number of para-hydroxylation sites is 1. The van der Waals surface area contributed by atoms with Gasteiger partial charge in [-0.2, -0.15) is 0 Å². The van der Waals surface area contributed by atoms with Crippen LogP contribution in [0.1, 0.15) is 28.4 Å². The number of Topliss-reactive ketones (excluding diaryl/α,β-unsaturated/α-hetero) is 1. The first-order valence-corrected chi connectivity index (χ1v) is 9.87. The Morgan fingerprint density at radius 3 is 2.32 bits per heavy atom. The zero-order valence-electron chi connectivity index (χ0n) is 16.3. The molecule has 0 saturated carbocycles. The van der Waals surface area contributed by atoms with Gasteiger partial charge in [-0.3, -0.25) is 9.59 Å². The molecule has 0 aliphatic heterocycles. The fourth-order valence-corrected chi connectivity index (χ4v) is 3.13. The van der Waals surface area contributed by atoms with Crippen LogP contribution in [0.2, 0.25) is 0 Å². The molecule has 0 saturated heterocycles. The van der Waals surface area contributed by atoms with Gasteiger partial charge in [0.2, 0.25) is 5.91 Å². The number of amides is 1. The lowest BCUT2D eigenvalue weighted by atomic mass is 10.1. The van der Waals surface area contributed by atoms with E-state index in [4.69, 9.17) is 9.47 Å². The van der Waals surface area contributed by atoms with Crippen LogP contribution in [-0.2, 0) is 14.3 Å². The standard InChI is InChI=1S/C21H23NO5S/c1-13-6-5-7-14(2)21(13)27-12-20(25)26-11-18(24)16-8-9-19(28-4)17(10-16)22-15(3)23/h5-10H,11-12H2,1-4H3,(H,22,23). The molecule has 7 heteroatoms. The summed E-state index contributed by atoms with van der Waals surface area (Å²) in [7, 11) is 0. The summed E-state index contributed by atoms with van der Waals surface area (Å²) in [6, 6.07) is 10.7. The first-order valence-electron chi connectivity index (χ1n) is 8.65. The van der Waals surface area contributed by atoms with E-state index in [1.807, 2.05) is 38.3 Å². The van der Waals surface area contributed by atoms with Gasteiger partial charge in [0.1, 0.15) is 5.75 Å². The van der Waals surface area contributed by atoms with Gasteiger partial charge >= 0.3 is 5.97 Å². The highest BCUT2D eigenvalue weighted by Gasteiger charge is 2.14. The van der Waals surface area contributed by atoms with Crippen molar-refractivity contribution < 1.29 is 23.9 Å². The smallest absolute Gasteiger partial charge is 0.344 e. The quantitative estimate of drug-likeness (QED) is 0.412. The van der Waals surface area contributed by atoms with Crippen LogP contribution in [0.15, 0.2) is 41.3 Å². The summed E-state index contributed by atoms with van der Waals surface area (Å²) in [5, 5.41) is 2.69. The van der Waals surface area contributed by atoms with Crippen LogP contribution in [-0.4, -0.2) is 37.1 Å². The normalized spacial score (nSPS) is 10.3. The van der Waals surface area contributed by atoms with Crippen molar-refractivity contribution in [2.45, 2.75) is 25.7 Å². The molecule has 0 aliphatic carbocycles. The van der Waals surface area contributed by atoms with Crippen molar-refractivity contribution >= 4 is 35.1 Å². The Labute approximate surface area is 168 Å². The van der Waals surface area contributed by atoms with Crippen LogP contribution < -0.4 is 10.1 Å². The number of rotatable bonds is 8. The Bertz CT molecular complexity index is 874. The van der Waals surface area contributed by atoms with Gasteiger partial charge in [-0.05, 0) is 43.4 Å². The first-order chi connectivity index (χ1) is 13.3. The summed E-state index contributed by atoms with van der Waals surface area (Å²) in [5.41, 5.74) is 2.74. The zero-order chi connectivity index (χ0) is 20.7. The number of aryl methyl sites for hydroxylation is 2. The average molecular weight is 401 g/mol. The summed E-state index contributed by atoms with van der Waals surface area (Å²) in [6.07, 6.45) is 1.88. The third-order valence-electron chi connectivity index (χ3n) is 3.94. The Kier molecular flexibility index (Phi) is 7.63. The van der Waals surface area contributed by atoms with Gasteiger partial charge in [0, 0.05) is 17.4 Å². The molecule has 0 unspecified atom stereocenters. The summed E-state index contributed by atoms with van der Waals surface area (Å²) >= 11 is 1.45. The third kappa shape index (κ3) is 5.85. The van der Waals surface area contributed by atoms with Crippen LogP contribution in [0, 0.1) is 13.8 Å². The highest BCUT2D eigenvalue weighted by atomic mass is 32.2. The number of esters is 1. The maximum atomic E-state index is 12.3. The number of benzene rings is 2. The molecule has 6 nitrogen and oxygen atoms in total. The van der Waals surface area contributed by atoms with E-state index in [0.717, 1.165) is 16.0 Å². The molecule has 0 fully saturated rings. The van der Waals surface area contributed by atoms with Crippen LogP contribution in [0.5, 0.6) is 5.75 Å². The van der Waals surface area contributed by atoms with Gasteiger partial charge in [-0.15, -0.1) is 11.8 Å². The monoisotopic (exact) mass is 401 g/mol. The van der Waals surface area contributed by atoms with Gasteiger partial charge in [-0.1, -0.05) is 24.3 Å². The first kappa shape index (κ1) is 21.5. The molecule has 1 amide bonds. The van der Waals surface area contributed by atoms with E-state index < -0.39 is 12.6 Å². The fraction of sp³-hybridized carbons (Fsp3) is 0.286. The van der Waals surface area contributed by atoms with Crippen molar-refractivity contribution in [3.05, 3.63) is 53.1 Å². The number of thioether (sulfide) groups is 1. The number of carbonyl (C=O) groups excluding carboxylic acids is 3. The molecule has 2 rings (SSSR count). The molecule has 0 atom stereocenters. The number of ketones is 1. The minimum atomic E-state index is -0.626. The van der Waals surface area contributed by atoms with Crippen molar-refractivity contribution in [2.24, 2.45) is 0 Å². The Morgan fingerprint density at radius 2 is 1.71 bits per heavy atom. The molecule has 0 aromatic heterocycles. The second-order valence-electron chi connectivity index (χ2n) is 6.19. The number of anilines is 1. The molecule has 2 aromatic rings. The second kappa shape index (κ2) is 9.94. The van der Waals surface area contributed by atoms with Gasteiger partial charge in [0.25, 0.3) is 0 Å². The summed E-state index contributed by atoms with van der Waals surface area (Å²) in [4.78, 5) is 36.4. The van der Waals surface area contributed by atoms with Gasteiger partial charge in [0.05, 0.1) is 5.69 Å². The molecular weight excluding hydrogens is 378 g/mol. The summed E-state index contributed by atoms with van der Waals surface area (Å²) in [6.45, 7) is 4.51. The molecule has 2 aromatic carbocycles. The van der Waals surface area contributed by atoms with Crippen molar-refractivity contribution in [3.63, 3.8) is 0 Å². The van der Waals surface area contributed by atoms with E-state index in [-0.39, 0.29) is 18.3 Å². The zero-order valence-corrected chi connectivity index (χ0v) is 17.1. The Balaban J connectivity index is 1.94. The van der Waals surface area contributed by atoms with E-state index in [1.54, 1.807) is 18.2 Å². The molecule has 1 N–H and O–H groups in total. The number of ether oxygens (including phenoxy) is 2. The van der Waals surface area contributed by atoms with Crippen molar-refractivity contribution in [1.29, 1.82) is 0 Å². The minimum Gasteiger partial charge on any atom is -0.481 e. The van der Waals surface area contributed by atoms with E-state index >= 15 is 0 Å². The molecule has 0 aliphatic rings. The lowest BCUT2D eigenvalue weighted by Gasteiger charge is -2.12. The lowest BCUT2D eigenvalue weighted by Crippen LogP contribution is -2.20. The Hall–Kier alpha value is -2.80. The topological polar surface area (TPSA) is 81.7 Å². The SMILES string of the molecule is CSc1ccc(C(=O)COC(=O)COc2c(C)cccc2C)cc1NC(C)=O. The van der Waals surface area contributed by atoms with Crippen LogP contribution in [0.4, 0.5) is 5.69 Å². The Morgan fingerprint density at radius 1 is 1.04 bits per heavy atom. The van der Waals surface area contributed by atoms with E-state index in [2.05, 4.69) is 5.32 Å². The molecular formula is C21H23NO5S. The highest BCUT2D eigenvalue weighted by Crippen LogP contribution is 2.27. The summed E-state index contributed by atoms with van der Waals surface area (Å²) in [5.74, 6) is -0.577. The summed E-state index contributed by atoms with van der Waals surface area (Å²) < 4.78 is 10.6. The largest absolute Gasteiger partial charge is 0.481 e. The predicted molar refractivity (Wildman–Crippen MR) is 109 cm³/mol. The van der Waals surface area contributed by atoms with Crippen LogP contribution in [0.25, 0.3) is 0 Å². The fourth-order valence-electron chi connectivity index (χ4n) is 2.60. The predicted octanol–water partition coefficient (Wildman–Crippen LogP) is 3.79.